The number of rotatable bonds is 4. The van der Waals surface area contributed by atoms with E-state index in [0.717, 1.165) is 31.5 Å². The van der Waals surface area contributed by atoms with Gasteiger partial charge in [0.2, 0.25) is 11.8 Å². The maximum atomic E-state index is 12.7. The number of benzene rings is 2. The molecule has 1 aromatic heterocycles. The Morgan fingerprint density at radius 2 is 1.68 bits per heavy atom. The van der Waals surface area contributed by atoms with E-state index in [4.69, 9.17) is 4.52 Å². The zero-order chi connectivity index (χ0) is 19.6. The van der Waals surface area contributed by atoms with E-state index < -0.39 is 0 Å². The molecule has 0 N–H and O–H groups in total. The molecule has 0 saturated carbocycles. The van der Waals surface area contributed by atoms with Crippen molar-refractivity contribution in [2.75, 3.05) is 13.1 Å². The Kier molecular flexibility index (Phi) is 4.99. The molecule has 0 radical (unpaired) electrons. The highest BCUT2D eigenvalue weighted by Crippen LogP contribution is 2.34. The minimum Gasteiger partial charge on any atom is -0.342 e. The lowest BCUT2D eigenvalue weighted by molar-refractivity contribution is -0.132. The summed E-state index contributed by atoms with van der Waals surface area (Å²) in [7, 11) is 0. The average Bonchev–Trinajstić information content (AvgIpc) is 3.17. The van der Waals surface area contributed by atoms with Crippen LogP contribution in [0.15, 0.2) is 59.1 Å². The Hall–Kier alpha value is -2.95. The molecule has 144 valence electrons. The molecular weight excluding hydrogens is 350 g/mol. The fraction of sp³-hybridized carbons (Fsp3) is 0.348. The summed E-state index contributed by atoms with van der Waals surface area (Å²) in [6.45, 7) is 5.42. The first-order valence-electron chi connectivity index (χ1n) is 9.76. The van der Waals surface area contributed by atoms with E-state index in [1.165, 1.54) is 11.1 Å². The highest BCUT2D eigenvalue weighted by atomic mass is 16.5. The smallest absolute Gasteiger partial charge is 0.232 e. The van der Waals surface area contributed by atoms with Crippen molar-refractivity contribution in [1.82, 2.24) is 15.0 Å². The number of carbonyl (C=O) groups excluding carboxylic acids is 1. The molecule has 0 unspecified atom stereocenters. The number of nitrogens with zero attached hydrogens (tertiary/aromatic N) is 3. The summed E-state index contributed by atoms with van der Waals surface area (Å²) in [5.41, 5.74) is 3.26. The summed E-state index contributed by atoms with van der Waals surface area (Å²) in [5, 5.41) is 3.91. The van der Waals surface area contributed by atoms with E-state index in [1.807, 2.05) is 30.0 Å². The molecule has 1 saturated heterocycles. The van der Waals surface area contributed by atoms with Gasteiger partial charge < -0.3 is 9.42 Å². The minimum absolute atomic E-state index is 0.143. The topological polar surface area (TPSA) is 59.2 Å². The lowest BCUT2D eigenvalue weighted by atomic mass is 9.80. The normalized spacial score (nSPS) is 16.1. The van der Waals surface area contributed by atoms with Gasteiger partial charge in [-0.1, -0.05) is 66.7 Å². The summed E-state index contributed by atoms with van der Waals surface area (Å²) >= 11 is 0. The fourth-order valence-electron chi connectivity index (χ4n) is 3.74. The minimum atomic E-state index is -0.143. The van der Waals surface area contributed by atoms with Crippen LogP contribution in [-0.4, -0.2) is 34.0 Å². The van der Waals surface area contributed by atoms with Gasteiger partial charge in [-0.2, -0.15) is 4.98 Å². The van der Waals surface area contributed by atoms with Crippen LogP contribution in [0.25, 0.3) is 11.1 Å². The number of likely N-dealkylation sites (tertiary alicyclic amines) is 1. The third-order valence-electron chi connectivity index (χ3n) is 5.68. The second-order valence-corrected chi connectivity index (χ2v) is 7.83. The Morgan fingerprint density at radius 1 is 1.04 bits per heavy atom. The first-order chi connectivity index (χ1) is 13.5. The van der Waals surface area contributed by atoms with Gasteiger partial charge >= 0.3 is 0 Å². The standard InChI is InChI=1S/C23H25N3O2/c1-17-24-22(28-25-17)23(2)12-14-26(15-13-23)21(27)16-18-8-10-20(11-9-18)19-6-4-3-5-7-19/h3-11H,12-16H2,1-2H3. The Morgan fingerprint density at radius 3 is 2.29 bits per heavy atom. The lowest BCUT2D eigenvalue weighted by Crippen LogP contribution is -2.44. The van der Waals surface area contributed by atoms with Crippen molar-refractivity contribution in [1.29, 1.82) is 0 Å². The third kappa shape index (κ3) is 3.84. The first kappa shape index (κ1) is 18.4. The van der Waals surface area contributed by atoms with Gasteiger partial charge in [-0.3, -0.25) is 4.79 Å². The molecule has 0 spiro atoms. The van der Waals surface area contributed by atoms with Crippen LogP contribution >= 0.6 is 0 Å². The molecule has 0 bridgehead atoms. The number of hydrogen-bond donors (Lipinski definition) is 0. The van der Waals surface area contributed by atoms with Crippen molar-refractivity contribution < 1.29 is 9.32 Å². The molecule has 2 heterocycles. The molecule has 28 heavy (non-hydrogen) atoms. The first-order valence-corrected chi connectivity index (χ1v) is 9.76. The zero-order valence-corrected chi connectivity index (χ0v) is 16.4. The molecule has 3 aromatic rings. The summed E-state index contributed by atoms with van der Waals surface area (Å²) in [6, 6.07) is 18.5. The number of aromatic nitrogens is 2. The second-order valence-electron chi connectivity index (χ2n) is 7.83. The number of hydrogen-bond acceptors (Lipinski definition) is 4. The molecular formula is C23H25N3O2. The molecule has 1 aliphatic heterocycles. The Balaban J connectivity index is 1.36. The predicted molar refractivity (Wildman–Crippen MR) is 108 cm³/mol. The van der Waals surface area contributed by atoms with Gasteiger partial charge in [0.05, 0.1) is 11.8 Å². The van der Waals surface area contributed by atoms with Crippen LogP contribution in [0, 0.1) is 6.92 Å². The van der Waals surface area contributed by atoms with E-state index in [2.05, 4.69) is 53.5 Å². The van der Waals surface area contributed by atoms with Crippen molar-refractivity contribution in [3.05, 3.63) is 71.9 Å². The molecule has 0 aliphatic carbocycles. The summed E-state index contributed by atoms with van der Waals surface area (Å²) in [4.78, 5) is 19.1. The van der Waals surface area contributed by atoms with Crippen molar-refractivity contribution in [3.63, 3.8) is 0 Å². The van der Waals surface area contributed by atoms with Crippen LogP contribution in [0.3, 0.4) is 0 Å². The van der Waals surface area contributed by atoms with Crippen molar-refractivity contribution in [2.24, 2.45) is 0 Å². The Bertz CT molecular complexity index is 939. The average molecular weight is 375 g/mol. The van der Waals surface area contributed by atoms with E-state index in [9.17, 15) is 4.79 Å². The van der Waals surface area contributed by atoms with Crippen LogP contribution in [0.4, 0.5) is 0 Å². The molecule has 0 atom stereocenters. The summed E-state index contributed by atoms with van der Waals surface area (Å²) in [6.07, 6.45) is 2.12. The van der Waals surface area contributed by atoms with Crippen LogP contribution < -0.4 is 0 Å². The van der Waals surface area contributed by atoms with E-state index >= 15 is 0 Å². The monoisotopic (exact) mass is 375 g/mol. The third-order valence-corrected chi connectivity index (χ3v) is 5.68. The number of aryl methyl sites for hydroxylation is 1. The second kappa shape index (κ2) is 7.58. The van der Waals surface area contributed by atoms with Gasteiger partial charge in [-0.25, -0.2) is 0 Å². The molecule has 1 fully saturated rings. The molecule has 2 aromatic carbocycles. The van der Waals surface area contributed by atoms with Crippen LogP contribution in [0.5, 0.6) is 0 Å². The molecule has 4 rings (SSSR count). The van der Waals surface area contributed by atoms with E-state index in [-0.39, 0.29) is 11.3 Å². The number of carbonyl (C=O) groups is 1. The number of piperidine rings is 1. The predicted octanol–water partition coefficient (Wildman–Crippen LogP) is 4.17. The highest BCUT2D eigenvalue weighted by molar-refractivity contribution is 5.79. The largest absolute Gasteiger partial charge is 0.342 e. The zero-order valence-electron chi connectivity index (χ0n) is 16.4. The van der Waals surface area contributed by atoms with Crippen molar-refractivity contribution >= 4 is 5.91 Å². The molecule has 5 nitrogen and oxygen atoms in total. The van der Waals surface area contributed by atoms with Crippen molar-refractivity contribution in [3.8, 4) is 11.1 Å². The quantitative estimate of drug-likeness (QED) is 0.687. The van der Waals surface area contributed by atoms with Crippen LogP contribution in [0.2, 0.25) is 0 Å². The maximum absolute atomic E-state index is 12.7. The maximum Gasteiger partial charge on any atom is 0.232 e. The fourth-order valence-corrected chi connectivity index (χ4v) is 3.74. The Labute approximate surface area is 165 Å². The van der Waals surface area contributed by atoms with Gasteiger partial charge in [0.1, 0.15) is 0 Å². The van der Waals surface area contributed by atoms with E-state index in [0.29, 0.717) is 18.1 Å². The van der Waals surface area contributed by atoms with Gasteiger partial charge in [-0.15, -0.1) is 0 Å². The molecule has 5 heteroatoms. The van der Waals surface area contributed by atoms with E-state index in [1.54, 1.807) is 0 Å². The summed E-state index contributed by atoms with van der Waals surface area (Å²) < 4.78 is 5.38. The van der Waals surface area contributed by atoms with Crippen LogP contribution in [-0.2, 0) is 16.6 Å². The molecule has 1 amide bonds. The lowest BCUT2D eigenvalue weighted by Gasteiger charge is -2.37. The van der Waals surface area contributed by atoms with Gasteiger partial charge in [-0.05, 0) is 36.5 Å². The SMILES string of the molecule is Cc1noc(C2(C)CCN(C(=O)Cc3ccc(-c4ccccc4)cc3)CC2)n1. The van der Waals surface area contributed by atoms with Gasteiger partial charge in [0.15, 0.2) is 5.82 Å². The molecule has 1 aliphatic rings. The number of amides is 1. The van der Waals surface area contributed by atoms with Crippen molar-refractivity contribution in [2.45, 2.75) is 38.5 Å². The van der Waals surface area contributed by atoms with Gasteiger partial charge in [0, 0.05) is 13.1 Å². The summed E-state index contributed by atoms with van der Waals surface area (Å²) in [5.74, 6) is 1.53. The highest BCUT2D eigenvalue weighted by Gasteiger charge is 2.37. The van der Waals surface area contributed by atoms with Crippen LogP contribution in [0.1, 0.15) is 37.0 Å². The van der Waals surface area contributed by atoms with Gasteiger partial charge in [0.25, 0.3) is 0 Å².